The highest BCUT2D eigenvalue weighted by atomic mass is 15.2. The molecule has 118 valence electrons. The molecule has 1 aliphatic rings. The van der Waals surface area contributed by atoms with Gasteiger partial charge in [-0.15, -0.1) is 0 Å². The van der Waals surface area contributed by atoms with E-state index in [1.54, 1.807) is 6.20 Å². The lowest BCUT2D eigenvalue weighted by Crippen LogP contribution is -2.35. The molecule has 1 aromatic carbocycles. The summed E-state index contributed by atoms with van der Waals surface area (Å²) in [6.07, 6.45) is 4.01. The van der Waals surface area contributed by atoms with Gasteiger partial charge in [-0.2, -0.15) is 5.26 Å². The molecule has 4 nitrogen and oxygen atoms in total. The normalized spacial score (nSPS) is 13.6. The first kappa shape index (κ1) is 15.4. The second-order valence-corrected chi connectivity index (χ2v) is 6.21. The number of pyridine rings is 1. The van der Waals surface area contributed by atoms with Crippen LogP contribution in [-0.2, 0) is 6.42 Å². The monoisotopic (exact) mass is 306 g/mol. The predicted molar refractivity (Wildman–Crippen MR) is 94.7 cm³/mol. The van der Waals surface area contributed by atoms with Gasteiger partial charge in [-0.3, -0.25) is 0 Å². The highest BCUT2D eigenvalue weighted by Gasteiger charge is 2.21. The number of benzene rings is 1. The molecule has 0 atom stereocenters. The molecule has 3 rings (SSSR count). The number of anilines is 2. The van der Waals surface area contributed by atoms with Gasteiger partial charge in [0.05, 0.1) is 11.6 Å². The molecule has 23 heavy (non-hydrogen) atoms. The van der Waals surface area contributed by atoms with Gasteiger partial charge in [-0.1, -0.05) is 0 Å². The molecule has 0 spiro atoms. The van der Waals surface area contributed by atoms with Crippen LogP contribution in [0.1, 0.15) is 31.4 Å². The van der Waals surface area contributed by atoms with Crippen LogP contribution in [0, 0.1) is 11.3 Å². The third-order valence-electron chi connectivity index (χ3n) is 4.44. The Balaban J connectivity index is 2.14. The highest BCUT2D eigenvalue weighted by Crippen LogP contribution is 2.35. The molecular formula is C19H22N4. The first-order chi connectivity index (χ1) is 11.1. The van der Waals surface area contributed by atoms with Gasteiger partial charge in [0, 0.05) is 37.1 Å². The number of hydrogen-bond acceptors (Lipinski definition) is 4. The lowest BCUT2D eigenvalue weighted by atomic mass is 9.92. The predicted octanol–water partition coefficient (Wildman–Crippen LogP) is 3.82. The third-order valence-corrected chi connectivity index (χ3v) is 4.44. The topological polar surface area (TPSA) is 52.0 Å². The SMILES string of the molecule is CNc1cc(-c2cc3c(cc2C#N)N(C(C)C)CCC3)ccn1. The Hall–Kier alpha value is -2.54. The Labute approximate surface area is 137 Å². The van der Waals surface area contributed by atoms with Gasteiger partial charge in [0.1, 0.15) is 5.82 Å². The van der Waals surface area contributed by atoms with Gasteiger partial charge in [0.25, 0.3) is 0 Å². The molecule has 2 aromatic rings. The zero-order valence-electron chi connectivity index (χ0n) is 13.9. The van der Waals surface area contributed by atoms with Crippen molar-refractivity contribution in [1.29, 1.82) is 5.26 Å². The molecule has 4 heteroatoms. The molecule has 1 N–H and O–H groups in total. The quantitative estimate of drug-likeness (QED) is 0.936. The van der Waals surface area contributed by atoms with E-state index in [1.807, 2.05) is 19.2 Å². The van der Waals surface area contributed by atoms with Crippen molar-refractivity contribution in [3.63, 3.8) is 0 Å². The van der Waals surface area contributed by atoms with Crippen LogP contribution in [-0.4, -0.2) is 24.6 Å². The van der Waals surface area contributed by atoms with E-state index in [2.05, 4.69) is 47.3 Å². The van der Waals surface area contributed by atoms with Crippen LogP contribution in [0.15, 0.2) is 30.5 Å². The van der Waals surface area contributed by atoms with Crippen LogP contribution < -0.4 is 10.2 Å². The average Bonchev–Trinajstić information content (AvgIpc) is 2.59. The minimum absolute atomic E-state index is 0.447. The zero-order valence-corrected chi connectivity index (χ0v) is 13.9. The minimum atomic E-state index is 0.447. The second kappa shape index (κ2) is 6.29. The van der Waals surface area contributed by atoms with Crippen LogP contribution in [0.5, 0.6) is 0 Å². The molecule has 0 saturated carbocycles. The van der Waals surface area contributed by atoms with Crippen LogP contribution in [0.25, 0.3) is 11.1 Å². The Morgan fingerprint density at radius 1 is 1.30 bits per heavy atom. The van der Waals surface area contributed by atoms with Crippen molar-refractivity contribution in [2.24, 2.45) is 0 Å². The Kier molecular flexibility index (Phi) is 4.20. The minimum Gasteiger partial charge on any atom is -0.373 e. The maximum atomic E-state index is 9.63. The summed E-state index contributed by atoms with van der Waals surface area (Å²) in [5.41, 5.74) is 5.31. The number of hydrogen-bond donors (Lipinski definition) is 1. The Bertz CT molecular complexity index is 758. The largest absolute Gasteiger partial charge is 0.373 e. The fourth-order valence-electron chi connectivity index (χ4n) is 3.26. The molecule has 1 aliphatic heterocycles. The van der Waals surface area contributed by atoms with E-state index < -0.39 is 0 Å². The van der Waals surface area contributed by atoms with Gasteiger partial charge in [0.15, 0.2) is 0 Å². The molecule has 2 heterocycles. The maximum Gasteiger partial charge on any atom is 0.126 e. The van der Waals surface area contributed by atoms with E-state index in [1.165, 1.54) is 11.3 Å². The van der Waals surface area contributed by atoms with E-state index >= 15 is 0 Å². The fourth-order valence-corrected chi connectivity index (χ4v) is 3.26. The van der Waals surface area contributed by atoms with Crippen molar-refractivity contribution in [1.82, 2.24) is 4.98 Å². The smallest absolute Gasteiger partial charge is 0.126 e. The van der Waals surface area contributed by atoms with Crippen molar-refractivity contribution < 1.29 is 0 Å². The second-order valence-electron chi connectivity index (χ2n) is 6.21. The van der Waals surface area contributed by atoms with Gasteiger partial charge >= 0.3 is 0 Å². The standard InChI is InChI=1S/C19H22N4/c1-13(2)23-8-4-5-15-9-17(16(12-20)10-18(15)23)14-6-7-22-19(11-14)21-3/h6-7,9-11,13H,4-5,8H2,1-3H3,(H,21,22). The van der Waals surface area contributed by atoms with E-state index in [9.17, 15) is 5.26 Å². The Morgan fingerprint density at radius 2 is 2.13 bits per heavy atom. The molecule has 0 amide bonds. The molecule has 1 aromatic heterocycles. The summed E-state index contributed by atoms with van der Waals surface area (Å²) in [6, 6.07) is 11.0. The summed E-state index contributed by atoms with van der Waals surface area (Å²) >= 11 is 0. The van der Waals surface area contributed by atoms with Crippen molar-refractivity contribution in [2.75, 3.05) is 23.8 Å². The van der Waals surface area contributed by atoms with Crippen molar-refractivity contribution in [2.45, 2.75) is 32.7 Å². The summed E-state index contributed by atoms with van der Waals surface area (Å²) in [6.45, 7) is 5.47. The molecule has 0 fully saturated rings. The van der Waals surface area contributed by atoms with Crippen LogP contribution in [0.3, 0.4) is 0 Å². The molecule has 0 saturated heterocycles. The fraction of sp³-hybridized carbons (Fsp3) is 0.368. The lowest BCUT2D eigenvalue weighted by molar-refractivity contribution is 0.625. The third kappa shape index (κ3) is 2.87. The van der Waals surface area contributed by atoms with Gasteiger partial charge < -0.3 is 10.2 Å². The van der Waals surface area contributed by atoms with Crippen molar-refractivity contribution >= 4 is 11.5 Å². The number of fused-ring (bicyclic) bond motifs is 1. The summed E-state index contributed by atoms with van der Waals surface area (Å²) in [7, 11) is 1.85. The summed E-state index contributed by atoms with van der Waals surface area (Å²) in [5, 5.41) is 12.7. The number of nitriles is 1. The number of nitrogens with one attached hydrogen (secondary N) is 1. The lowest BCUT2D eigenvalue weighted by Gasteiger charge is -2.35. The van der Waals surface area contributed by atoms with Crippen molar-refractivity contribution in [3.8, 4) is 17.2 Å². The molecule has 0 aliphatic carbocycles. The number of nitrogens with zero attached hydrogens (tertiary/aromatic N) is 3. The Morgan fingerprint density at radius 3 is 2.83 bits per heavy atom. The van der Waals surface area contributed by atoms with Crippen LogP contribution >= 0.6 is 0 Å². The van der Waals surface area contributed by atoms with E-state index in [0.717, 1.165) is 41.9 Å². The zero-order chi connectivity index (χ0) is 16.4. The average molecular weight is 306 g/mol. The first-order valence-electron chi connectivity index (χ1n) is 8.12. The summed E-state index contributed by atoms with van der Waals surface area (Å²) < 4.78 is 0. The summed E-state index contributed by atoms with van der Waals surface area (Å²) in [4.78, 5) is 6.66. The molecule has 0 unspecified atom stereocenters. The van der Waals surface area contributed by atoms with Gasteiger partial charge in [-0.25, -0.2) is 4.98 Å². The molecule has 0 bridgehead atoms. The van der Waals surface area contributed by atoms with E-state index in [-0.39, 0.29) is 0 Å². The number of aryl methyl sites for hydroxylation is 1. The van der Waals surface area contributed by atoms with Gasteiger partial charge in [0.2, 0.25) is 0 Å². The van der Waals surface area contributed by atoms with Crippen molar-refractivity contribution in [3.05, 3.63) is 41.6 Å². The van der Waals surface area contributed by atoms with Crippen LogP contribution in [0.2, 0.25) is 0 Å². The number of rotatable bonds is 3. The molecular weight excluding hydrogens is 284 g/mol. The maximum absolute atomic E-state index is 9.63. The van der Waals surface area contributed by atoms with E-state index in [4.69, 9.17) is 0 Å². The van der Waals surface area contributed by atoms with E-state index in [0.29, 0.717) is 6.04 Å². The number of aromatic nitrogens is 1. The van der Waals surface area contributed by atoms with Gasteiger partial charge in [-0.05, 0) is 62.1 Å². The summed E-state index contributed by atoms with van der Waals surface area (Å²) in [5.74, 6) is 0.813. The highest BCUT2D eigenvalue weighted by molar-refractivity contribution is 5.77. The first-order valence-corrected chi connectivity index (χ1v) is 8.12. The molecule has 0 radical (unpaired) electrons. The van der Waals surface area contributed by atoms with Crippen LogP contribution in [0.4, 0.5) is 11.5 Å².